The number of rotatable bonds is 6. The van der Waals surface area contributed by atoms with E-state index in [0.29, 0.717) is 17.3 Å². The summed E-state index contributed by atoms with van der Waals surface area (Å²) in [5.74, 6) is 0.461. The van der Waals surface area contributed by atoms with Crippen LogP contribution in [0.1, 0.15) is 48.7 Å². The molecular formula is C19H26N4O4S. The van der Waals surface area contributed by atoms with Crippen molar-refractivity contribution in [3.63, 3.8) is 0 Å². The van der Waals surface area contributed by atoms with Gasteiger partial charge >= 0.3 is 0 Å². The van der Waals surface area contributed by atoms with Gasteiger partial charge in [0.15, 0.2) is 5.82 Å². The van der Waals surface area contributed by atoms with Gasteiger partial charge in [0, 0.05) is 49.5 Å². The molecule has 0 saturated carbocycles. The van der Waals surface area contributed by atoms with Crippen LogP contribution in [0.3, 0.4) is 0 Å². The molecule has 28 heavy (non-hydrogen) atoms. The fraction of sp³-hybridized carbons (Fsp3) is 0.474. The van der Waals surface area contributed by atoms with Crippen LogP contribution in [0.25, 0.3) is 0 Å². The topological polar surface area (TPSA) is 104 Å². The van der Waals surface area contributed by atoms with Crippen LogP contribution in [0.5, 0.6) is 0 Å². The first-order valence-electron chi connectivity index (χ1n) is 9.31. The highest BCUT2D eigenvalue weighted by Gasteiger charge is 2.23. The number of hydrogen-bond acceptors (Lipinski definition) is 5. The van der Waals surface area contributed by atoms with E-state index >= 15 is 0 Å². The molecule has 1 fully saturated rings. The largest absolute Gasteiger partial charge is 0.381 e. The van der Waals surface area contributed by atoms with Gasteiger partial charge in [0.25, 0.3) is 5.91 Å². The highest BCUT2D eigenvalue weighted by atomic mass is 32.2. The Morgan fingerprint density at radius 2 is 1.89 bits per heavy atom. The van der Waals surface area contributed by atoms with Crippen molar-refractivity contribution < 1.29 is 17.9 Å². The fourth-order valence-electron chi connectivity index (χ4n) is 3.03. The number of hydrogen-bond donors (Lipinski definition) is 2. The van der Waals surface area contributed by atoms with Crippen LogP contribution in [0.4, 0.5) is 5.82 Å². The Morgan fingerprint density at radius 1 is 1.25 bits per heavy atom. The summed E-state index contributed by atoms with van der Waals surface area (Å²) in [4.78, 5) is 12.6. The molecule has 0 radical (unpaired) electrons. The molecule has 0 atom stereocenters. The summed E-state index contributed by atoms with van der Waals surface area (Å²) >= 11 is 0. The average Bonchev–Trinajstić information content (AvgIpc) is 3.16. The van der Waals surface area contributed by atoms with Crippen LogP contribution in [0.15, 0.2) is 35.2 Å². The number of nitrogens with zero attached hydrogens (tertiary/aromatic N) is 2. The smallest absolute Gasteiger partial charge is 0.256 e. The Bertz CT molecular complexity index is 916. The molecular weight excluding hydrogens is 380 g/mol. The number of ether oxygens (including phenoxy) is 1. The maximum Gasteiger partial charge on any atom is 0.256 e. The normalized spacial score (nSPS) is 15.9. The summed E-state index contributed by atoms with van der Waals surface area (Å²) in [6.45, 7) is 5.06. The zero-order valence-electron chi connectivity index (χ0n) is 16.3. The van der Waals surface area contributed by atoms with Gasteiger partial charge in [-0.1, -0.05) is 0 Å². The van der Waals surface area contributed by atoms with Gasteiger partial charge in [0.1, 0.15) is 0 Å². The van der Waals surface area contributed by atoms with Crippen molar-refractivity contribution in [3.05, 3.63) is 41.6 Å². The number of H-pyrrole nitrogens is 1. The van der Waals surface area contributed by atoms with E-state index in [1.165, 1.54) is 35.6 Å². The summed E-state index contributed by atoms with van der Waals surface area (Å²) in [5.41, 5.74) is 1.35. The van der Waals surface area contributed by atoms with Gasteiger partial charge in [-0.2, -0.15) is 9.40 Å². The summed E-state index contributed by atoms with van der Waals surface area (Å²) in [6, 6.07) is 7.58. The molecule has 1 amide bonds. The van der Waals surface area contributed by atoms with E-state index in [1.54, 1.807) is 13.8 Å². The molecule has 1 aromatic heterocycles. The zero-order chi connectivity index (χ0) is 20.3. The zero-order valence-corrected chi connectivity index (χ0v) is 17.1. The molecule has 2 N–H and O–H groups in total. The Balaban J connectivity index is 1.67. The van der Waals surface area contributed by atoms with Crippen molar-refractivity contribution in [1.82, 2.24) is 14.5 Å². The van der Waals surface area contributed by atoms with Gasteiger partial charge < -0.3 is 10.1 Å². The minimum Gasteiger partial charge on any atom is -0.381 e. The predicted molar refractivity (Wildman–Crippen MR) is 106 cm³/mol. The lowest BCUT2D eigenvalue weighted by atomic mass is 9.97. The predicted octanol–water partition coefficient (Wildman–Crippen LogP) is 2.58. The standard InChI is InChI=1S/C19H26N4O4S/c1-13(2)23(3)28(25,26)16-6-4-15(5-7-16)19(24)20-18-12-17(21-22-18)14-8-10-27-11-9-14/h4-7,12-14H,8-11H2,1-3H3,(H2,20,21,22,24). The first-order valence-corrected chi connectivity index (χ1v) is 10.8. The first kappa shape index (κ1) is 20.5. The van der Waals surface area contributed by atoms with E-state index in [0.717, 1.165) is 31.7 Å². The second-order valence-corrected chi connectivity index (χ2v) is 9.19. The molecule has 0 bridgehead atoms. The number of amides is 1. The fourth-order valence-corrected chi connectivity index (χ4v) is 4.40. The van der Waals surface area contributed by atoms with E-state index < -0.39 is 10.0 Å². The van der Waals surface area contributed by atoms with Crippen molar-refractivity contribution in [2.24, 2.45) is 0 Å². The number of sulfonamides is 1. The monoisotopic (exact) mass is 406 g/mol. The molecule has 1 aromatic carbocycles. The van der Waals surface area contributed by atoms with Crippen LogP contribution in [-0.4, -0.2) is 55.1 Å². The number of anilines is 1. The lowest BCUT2D eigenvalue weighted by Gasteiger charge is -2.21. The van der Waals surface area contributed by atoms with Crippen molar-refractivity contribution >= 4 is 21.7 Å². The molecule has 9 heteroatoms. The van der Waals surface area contributed by atoms with Crippen molar-refractivity contribution in [3.8, 4) is 0 Å². The van der Waals surface area contributed by atoms with Gasteiger partial charge in [-0.25, -0.2) is 8.42 Å². The van der Waals surface area contributed by atoms with E-state index in [-0.39, 0.29) is 16.8 Å². The van der Waals surface area contributed by atoms with Gasteiger partial charge in [0.05, 0.1) is 4.90 Å². The molecule has 3 rings (SSSR count). The number of carbonyl (C=O) groups excluding carboxylic acids is 1. The number of nitrogens with one attached hydrogen (secondary N) is 2. The Morgan fingerprint density at radius 3 is 2.50 bits per heavy atom. The molecule has 1 saturated heterocycles. The molecule has 8 nitrogen and oxygen atoms in total. The van der Waals surface area contributed by atoms with Gasteiger partial charge in [-0.15, -0.1) is 0 Å². The first-order chi connectivity index (χ1) is 13.3. The lowest BCUT2D eigenvalue weighted by Crippen LogP contribution is -2.33. The second-order valence-electron chi connectivity index (χ2n) is 7.19. The van der Waals surface area contributed by atoms with Crippen LogP contribution in [0.2, 0.25) is 0 Å². The summed E-state index contributed by atoms with van der Waals surface area (Å²) in [5, 5.41) is 9.88. The molecule has 0 unspecified atom stereocenters. The molecule has 0 aliphatic carbocycles. The molecule has 2 aromatic rings. The Labute approximate surface area is 165 Å². The van der Waals surface area contributed by atoms with Crippen molar-refractivity contribution in [2.75, 3.05) is 25.6 Å². The average molecular weight is 407 g/mol. The summed E-state index contributed by atoms with van der Waals surface area (Å²) in [6.07, 6.45) is 1.85. The highest BCUT2D eigenvalue weighted by Crippen LogP contribution is 2.26. The Hall–Kier alpha value is -2.23. The van der Waals surface area contributed by atoms with Gasteiger partial charge in [-0.05, 0) is 51.0 Å². The number of carbonyl (C=O) groups is 1. The quantitative estimate of drug-likeness (QED) is 0.767. The highest BCUT2D eigenvalue weighted by molar-refractivity contribution is 7.89. The van der Waals surface area contributed by atoms with Crippen LogP contribution in [-0.2, 0) is 14.8 Å². The van der Waals surface area contributed by atoms with Crippen molar-refractivity contribution in [2.45, 2.75) is 43.5 Å². The third kappa shape index (κ3) is 4.43. The van der Waals surface area contributed by atoms with E-state index in [4.69, 9.17) is 4.74 Å². The number of aromatic amines is 1. The van der Waals surface area contributed by atoms with Crippen LogP contribution < -0.4 is 5.32 Å². The van der Waals surface area contributed by atoms with Gasteiger partial charge in [0.2, 0.25) is 10.0 Å². The number of aromatic nitrogens is 2. The van der Waals surface area contributed by atoms with Crippen molar-refractivity contribution in [1.29, 1.82) is 0 Å². The third-order valence-corrected chi connectivity index (χ3v) is 7.07. The minimum atomic E-state index is -3.57. The number of benzene rings is 1. The molecule has 1 aliphatic rings. The SMILES string of the molecule is CC(C)N(C)S(=O)(=O)c1ccc(C(=O)Nc2cc(C3CCOCC3)[nH]n2)cc1. The van der Waals surface area contributed by atoms with E-state index in [9.17, 15) is 13.2 Å². The maximum absolute atomic E-state index is 12.5. The molecule has 1 aliphatic heterocycles. The Kier molecular flexibility index (Phi) is 6.17. The van der Waals surface area contributed by atoms with E-state index in [1.807, 2.05) is 6.07 Å². The van der Waals surface area contributed by atoms with Crippen LogP contribution in [0, 0.1) is 0 Å². The molecule has 0 spiro atoms. The van der Waals surface area contributed by atoms with Gasteiger partial charge in [-0.3, -0.25) is 9.89 Å². The second kappa shape index (κ2) is 8.42. The van der Waals surface area contributed by atoms with Crippen LogP contribution >= 0.6 is 0 Å². The minimum absolute atomic E-state index is 0.154. The lowest BCUT2D eigenvalue weighted by molar-refractivity contribution is 0.0845. The third-order valence-electron chi connectivity index (χ3n) is 5.02. The summed E-state index contributed by atoms with van der Waals surface area (Å²) < 4.78 is 31.7. The molecule has 152 valence electrons. The maximum atomic E-state index is 12.5. The molecule has 2 heterocycles. The van der Waals surface area contributed by atoms with E-state index in [2.05, 4.69) is 15.5 Å². The summed E-state index contributed by atoms with van der Waals surface area (Å²) in [7, 11) is -2.04.